The third kappa shape index (κ3) is 5.86. The molecule has 0 aromatic carbocycles. The van der Waals surface area contributed by atoms with Crippen LogP contribution in [-0.4, -0.2) is 52.5 Å². The second-order valence-corrected chi connectivity index (χ2v) is 4.75. The van der Waals surface area contributed by atoms with Gasteiger partial charge in [-0.25, -0.2) is 9.59 Å². The van der Waals surface area contributed by atoms with Gasteiger partial charge >= 0.3 is 12.1 Å². The number of carbonyl (C=O) groups excluding carboxylic acids is 6. The number of rotatable bonds is 4. The zero-order valence-electron chi connectivity index (χ0n) is 13.8. The molecule has 0 unspecified atom stereocenters. The fourth-order valence-corrected chi connectivity index (χ4v) is 1.70. The molecule has 2 heterocycles. The Morgan fingerprint density at radius 1 is 0.800 bits per heavy atom. The monoisotopic (exact) mass is 358 g/mol. The van der Waals surface area contributed by atoms with Gasteiger partial charge in [-0.3, -0.25) is 24.0 Å². The van der Waals surface area contributed by atoms with Gasteiger partial charge in [-0.05, 0) is 6.92 Å². The summed E-state index contributed by atoms with van der Waals surface area (Å²) in [6.45, 7) is 3.32. The first kappa shape index (κ1) is 20.1. The van der Waals surface area contributed by atoms with E-state index in [2.05, 4.69) is 14.4 Å². The van der Waals surface area contributed by atoms with Gasteiger partial charge in [0.25, 0.3) is 23.6 Å². The Balaban J connectivity index is 0.000000251. The molecule has 0 radical (unpaired) electrons. The van der Waals surface area contributed by atoms with E-state index in [1.807, 2.05) is 0 Å². The van der Waals surface area contributed by atoms with Gasteiger partial charge in [0.2, 0.25) is 0 Å². The largest absolute Gasteiger partial charge is 0.533 e. The maximum atomic E-state index is 10.9. The van der Waals surface area contributed by atoms with Crippen LogP contribution in [0.15, 0.2) is 0 Å². The summed E-state index contributed by atoms with van der Waals surface area (Å²) in [5.74, 6) is -2.49. The van der Waals surface area contributed by atoms with E-state index in [0.717, 1.165) is 0 Å². The predicted molar refractivity (Wildman–Crippen MR) is 76.7 cm³/mol. The topological polar surface area (TPSA) is 137 Å². The minimum Gasteiger partial charge on any atom is -0.433 e. The van der Waals surface area contributed by atoms with Crippen molar-refractivity contribution >= 4 is 35.8 Å². The lowest BCUT2D eigenvalue weighted by atomic mass is 10.4. The normalized spacial score (nSPS) is 16.6. The number of imide groups is 2. The predicted octanol–water partition coefficient (Wildman–Crippen LogP) is 0.227. The minimum atomic E-state index is -1.04. The molecule has 0 bridgehead atoms. The molecule has 2 aliphatic rings. The van der Waals surface area contributed by atoms with E-state index in [1.165, 1.54) is 0 Å². The summed E-state index contributed by atoms with van der Waals surface area (Å²) in [5, 5.41) is 0.990. The molecule has 0 aromatic heterocycles. The number of amides is 4. The summed E-state index contributed by atoms with van der Waals surface area (Å²) >= 11 is 0. The van der Waals surface area contributed by atoms with Gasteiger partial charge in [-0.1, -0.05) is 12.0 Å². The van der Waals surface area contributed by atoms with Crippen LogP contribution in [0.25, 0.3) is 0 Å². The molecule has 4 amide bonds. The molecule has 0 atom stereocenters. The van der Waals surface area contributed by atoms with Crippen LogP contribution in [0.5, 0.6) is 0 Å². The first-order chi connectivity index (χ1) is 11.8. The molecule has 11 nitrogen and oxygen atoms in total. The average Bonchev–Trinajstić information content (AvgIpc) is 3.05. The third-order valence-electron chi connectivity index (χ3n) is 2.92. The van der Waals surface area contributed by atoms with E-state index in [-0.39, 0.29) is 38.7 Å². The van der Waals surface area contributed by atoms with Crippen LogP contribution in [0.4, 0.5) is 4.79 Å². The van der Waals surface area contributed by atoms with Crippen LogP contribution < -0.4 is 0 Å². The van der Waals surface area contributed by atoms with Gasteiger partial charge < -0.3 is 9.57 Å². The fraction of sp³-hybridized carbons (Fsp3) is 0.571. The Bertz CT molecular complexity index is 555. The summed E-state index contributed by atoms with van der Waals surface area (Å²) in [6, 6.07) is 0. The van der Waals surface area contributed by atoms with Crippen molar-refractivity contribution < 1.29 is 43.2 Å². The lowest BCUT2D eigenvalue weighted by molar-refractivity contribution is -0.197. The van der Waals surface area contributed by atoms with Crippen molar-refractivity contribution in [2.75, 3.05) is 6.61 Å². The summed E-state index contributed by atoms with van der Waals surface area (Å²) in [7, 11) is 0. The van der Waals surface area contributed by atoms with E-state index >= 15 is 0 Å². The molecule has 2 fully saturated rings. The van der Waals surface area contributed by atoms with Crippen LogP contribution in [0, 0.1) is 0 Å². The quantitative estimate of drug-likeness (QED) is 0.510. The molecular formula is C14H18N2O9. The number of ether oxygens (including phenoxy) is 1. The van der Waals surface area contributed by atoms with E-state index in [1.54, 1.807) is 13.8 Å². The molecule has 0 aromatic rings. The van der Waals surface area contributed by atoms with Crippen LogP contribution >= 0.6 is 0 Å². The summed E-state index contributed by atoms with van der Waals surface area (Å²) in [5.41, 5.74) is 0. The molecule has 25 heavy (non-hydrogen) atoms. The van der Waals surface area contributed by atoms with Crippen LogP contribution in [-0.2, 0) is 38.4 Å². The van der Waals surface area contributed by atoms with Gasteiger partial charge in [-0.15, -0.1) is 5.06 Å². The van der Waals surface area contributed by atoms with Gasteiger partial charge in [0.1, 0.15) is 0 Å². The Labute approximate surface area is 142 Å². The smallest absolute Gasteiger partial charge is 0.433 e. The standard InChI is InChI=1S/C7H9NO5.C7H9NO4/c1-2-12-7(11)13-8-5(9)3-4-6(8)10;1-2-7(11)12-8-5(9)3-4-6(8)10/h2-4H2,1H3;2-4H2,1H3. The second-order valence-electron chi connectivity index (χ2n) is 4.75. The van der Waals surface area contributed by atoms with E-state index < -0.39 is 35.8 Å². The van der Waals surface area contributed by atoms with Crippen LogP contribution in [0.3, 0.4) is 0 Å². The Kier molecular flexibility index (Phi) is 7.50. The van der Waals surface area contributed by atoms with Crippen molar-refractivity contribution in [3.05, 3.63) is 0 Å². The number of nitrogens with zero attached hydrogens (tertiary/aromatic N) is 2. The lowest BCUT2D eigenvalue weighted by Crippen LogP contribution is -2.32. The maximum Gasteiger partial charge on any atom is 0.533 e. The van der Waals surface area contributed by atoms with Crippen LogP contribution in [0.1, 0.15) is 46.0 Å². The zero-order valence-corrected chi connectivity index (χ0v) is 13.8. The van der Waals surface area contributed by atoms with Crippen molar-refractivity contribution in [2.24, 2.45) is 0 Å². The molecule has 0 saturated carbocycles. The average molecular weight is 358 g/mol. The fourth-order valence-electron chi connectivity index (χ4n) is 1.70. The van der Waals surface area contributed by atoms with Crippen LogP contribution in [0.2, 0.25) is 0 Å². The molecule has 0 spiro atoms. The van der Waals surface area contributed by atoms with Crippen molar-refractivity contribution in [3.8, 4) is 0 Å². The number of hydroxylamine groups is 4. The molecule has 11 heteroatoms. The number of hydrogen-bond donors (Lipinski definition) is 0. The summed E-state index contributed by atoms with van der Waals surface area (Å²) in [6.07, 6.45) is -0.453. The molecule has 2 rings (SSSR count). The Morgan fingerprint density at radius 3 is 1.56 bits per heavy atom. The maximum absolute atomic E-state index is 10.9. The zero-order chi connectivity index (χ0) is 19.0. The second kappa shape index (κ2) is 9.35. The minimum absolute atomic E-state index is 0.0816. The Hall–Kier alpha value is -2.98. The summed E-state index contributed by atoms with van der Waals surface area (Å²) in [4.78, 5) is 73.7. The number of hydrogen-bond acceptors (Lipinski definition) is 9. The van der Waals surface area contributed by atoms with Gasteiger partial charge in [0, 0.05) is 32.1 Å². The molecule has 2 aliphatic heterocycles. The molecular weight excluding hydrogens is 340 g/mol. The highest BCUT2D eigenvalue weighted by Gasteiger charge is 2.33. The van der Waals surface area contributed by atoms with Gasteiger partial charge in [0.15, 0.2) is 0 Å². The van der Waals surface area contributed by atoms with Crippen molar-refractivity contribution in [1.29, 1.82) is 0 Å². The summed E-state index contributed by atoms with van der Waals surface area (Å²) < 4.78 is 4.39. The van der Waals surface area contributed by atoms with Gasteiger partial charge in [0.05, 0.1) is 6.61 Å². The highest BCUT2D eigenvalue weighted by atomic mass is 16.8. The van der Waals surface area contributed by atoms with E-state index in [4.69, 9.17) is 0 Å². The highest BCUT2D eigenvalue weighted by Crippen LogP contribution is 2.13. The first-order valence-electron chi connectivity index (χ1n) is 7.57. The molecule has 0 aliphatic carbocycles. The molecule has 2 saturated heterocycles. The Morgan fingerprint density at radius 2 is 1.20 bits per heavy atom. The van der Waals surface area contributed by atoms with Crippen molar-refractivity contribution in [3.63, 3.8) is 0 Å². The molecule has 0 N–H and O–H groups in total. The molecule has 138 valence electrons. The van der Waals surface area contributed by atoms with Gasteiger partial charge in [-0.2, -0.15) is 0 Å². The van der Waals surface area contributed by atoms with Crippen molar-refractivity contribution in [2.45, 2.75) is 46.0 Å². The SMILES string of the molecule is CCC(=O)ON1C(=O)CCC1=O.CCOC(=O)ON1C(=O)CCC1=O. The number of carbonyl (C=O) groups is 6. The van der Waals surface area contributed by atoms with E-state index in [9.17, 15) is 28.8 Å². The first-order valence-corrected chi connectivity index (χ1v) is 7.57. The van der Waals surface area contributed by atoms with E-state index in [0.29, 0.717) is 10.1 Å². The van der Waals surface area contributed by atoms with Crippen molar-refractivity contribution in [1.82, 2.24) is 10.1 Å². The highest BCUT2D eigenvalue weighted by molar-refractivity contribution is 6.02. The lowest BCUT2D eigenvalue weighted by Gasteiger charge is -2.11. The third-order valence-corrected chi connectivity index (χ3v) is 2.92.